The SMILES string of the molecule is COc1ccc(C)cc1Nc1ncnc(NNC(=O)c2ccncc2)c1N. The summed E-state index contributed by atoms with van der Waals surface area (Å²) in [6.07, 6.45) is 4.40. The number of anilines is 4. The topological polar surface area (TPSA) is 127 Å². The highest BCUT2D eigenvalue weighted by Gasteiger charge is 2.12. The number of carbonyl (C=O) groups excluding carboxylic acids is 1. The van der Waals surface area contributed by atoms with Crippen LogP contribution >= 0.6 is 0 Å². The molecule has 0 atom stereocenters. The van der Waals surface area contributed by atoms with Crippen LogP contribution in [-0.4, -0.2) is 28.0 Å². The Labute approximate surface area is 156 Å². The lowest BCUT2D eigenvalue weighted by Crippen LogP contribution is -2.30. The molecule has 1 aromatic carbocycles. The van der Waals surface area contributed by atoms with Gasteiger partial charge in [-0.25, -0.2) is 9.97 Å². The number of nitrogen functional groups attached to an aromatic ring is 1. The van der Waals surface area contributed by atoms with Gasteiger partial charge >= 0.3 is 0 Å². The Morgan fingerprint density at radius 2 is 1.85 bits per heavy atom. The molecule has 0 saturated carbocycles. The zero-order valence-electron chi connectivity index (χ0n) is 14.9. The summed E-state index contributed by atoms with van der Waals surface area (Å²) in [6, 6.07) is 8.89. The maximum absolute atomic E-state index is 12.1. The first-order valence-corrected chi connectivity index (χ1v) is 8.07. The highest BCUT2D eigenvalue weighted by atomic mass is 16.5. The predicted molar refractivity (Wildman–Crippen MR) is 103 cm³/mol. The molecular weight excluding hydrogens is 346 g/mol. The third-order valence-electron chi connectivity index (χ3n) is 3.73. The summed E-state index contributed by atoms with van der Waals surface area (Å²) in [5.41, 5.74) is 13.8. The van der Waals surface area contributed by atoms with Crippen LogP contribution < -0.4 is 26.6 Å². The average molecular weight is 365 g/mol. The van der Waals surface area contributed by atoms with Gasteiger partial charge in [-0.05, 0) is 36.8 Å². The molecule has 0 aliphatic heterocycles. The summed E-state index contributed by atoms with van der Waals surface area (Å²) in [6.45, 7) is 1.97. The van der Waals surface area contributed by atoms with Crippen LogP contribution in [0.2, 0.25) is 0 Å². The number of hydrogen-bond acceptors (Lipinski definition) is 8. The summed E-state index contributed by atoms with van der Waals surface area (Å²) in [4.78, 5) is 24.2. The standard InChI is InChI=1S/C18H19N7O2/c1-11-3-4-14(27-2)13(9-11)23-16-15(19)17(22-10-21-16)24-25-18(26)12-5-7-20-8-6-12/h3-10H,19H2,1-2H3,(H,25,26)(H2,21,22,23,24). The van der Waals surface area contributed by atoms with E-state index in [2.05, 4.69) is 31.1 Å². The van der Waals surface area contributed by atoms with Crippen LogP contribution in [0.25, 0.3) is 0 Å². The molecule has 1 amide bonds. The van der Waals surface area contributed by atoms with Gasteiger partial charge in [0.1, 0.15) is 17.8 Å². The van der Waals surface area contributed by atoms with Gasteiger partial charge in [0.05, 0.1) is 12.8 Å². The molecule has 0 bridgehead atoms. The summed E-state index contributed by atoms with van der Waals surface area (Å²) >= 11 is 0. The van der Waals surface area contributed by atoms with Crippen LogP contribution in [0, 0.1) is 6.92 Å². The number of aryl methyl sites for hydroxylation is 1. The number of nitrogens with zero attached hydrogens (tertiary/aromatic N) is 3. The van der Waals surface area contributed by atoms with Crippen LogP contribution in [0.1, 0.15) is 15.9 Å². The smallest absolute Gasteiger partial charge is 0.269 e. The second-order valence-electron chi connectivity index (χ2n) is 5.63. The van der Waals surface area contributed by atoms with Crippen molar-refractivity contribution >= 4 is 28.9 Å². The van der Waals surface area contributed by atoms with Gasteiger partial charge in [-0.1, -0.05) is 6.07 Å². The number of methoxy groups -OCH3 is 1. The zero-order valence-corrected chi connectivity index (χ0v) is 14.9. The van der Waals surface area contributed by atoms with Crippen molar-refractivity contribution in [1.82, 2.24) is 20.4 Å². The van der Waals surface area contributed by atoms with E-state index >= 15 is 0 Å². The number of nitrogens with two attached hydrogens (primary N) is 1. The lowest BCUT2D eigenvalue weighted by atomic mass is 10.2. The fourth-order valence-electron chi connectivity index (χ4n) is 2.33. The van der Waals surface area contributed by atoms with Crippen LogP contribution in [0.15, 0.2) is 49.1 Å². The Hall–Kier alpha value is -3.88. The summed E-state index contributed by atoms with van der Waals surface area (Å²) in [5, 5.41) is 3.13. The molecule has 0 aliphatic rings. The van der Waals surface area contributed by atoms with E-state index in [1.54, 1.807) is 19.2 Å². The van der Waals surface area contributed by atoms with Gasteiger partial charge < -0.3 is 15.8 Å². The van der Waals surface area contributed by atoms with Crippen molar-refractivity contribution in [2.24, 2.45) is 0 Å². The van der Waals surface area contributed by atoms with E-state index in [4.69, 9.17) is 10.5 Å². The number of hydrazine groups is 1. The molecule has 3 rings (SSSR count). The molecular formula is C18H19N7O2. The molecule has 0 unspecified atom stereocenters. The molecule has 0 aliphatic carbocycles. The minimum absolute atomic E-state index is 0.246. The minimum Gasteiger partial charge on any atom is -0.495 e. The predicted octanol–water partition coefficient (Wildman–Crippen LogP) is 2.27. The summed E-state index contributed by atoms with van der Waals surface area (Å²) in [5.74, 6) is 0.959. The Bertz CT molecular complexity index is 948. The molecule has 138 valence electrons. The minimum atomic E-state index is -0.342. The van der Waals surface area contributed by atoms with Crippen LogP contribution in [-0.2, 0) is 0 Å². The number of hydrogen-bond donors (Lipinski definition) is 4. The van der Waals surface area contributed by atoms with Crippen LogP contribution in [0.4, 0.5) is 23.0 Å². The first kappa shape index (κ1) is 17.9. The van der Waals surface area contributed by atoms with Crippen molar-refractivity contribution in [1.29, 1.82) is 0 Å². The molecule has 27 heavy (non-hydrogen) atoms. The summed E-state index contributed by atoms with van der Waals surface area (Å²) < 4.78 is 5.35. The van der Waals surface area contributed by atoms with Crippen molar-refractivity contribution < 1.29 is 9.53 Å². The number of ether oxygens (including phenoxy) is 1. The molecule has 2 heterocycles. The second-order valence-corrected chi connectivity index (χ2v) is 5.63. The van der Waals surface area contributed by atoms with Gasteiger partial charge in [0.2, 0.25) is 0 Å². The average Bonchev–Trinajstić information content (AvgIpc) is 2.69. The zero-order chi connectivity index (χ0) is 19.2. The number of aromatic nitrogens is 3. The number of rotatable bonds is 6. The first-order chi connectivity index (χ1) is 13.1. The Morgan fingerprint density at radius 1 is 1.11 bits per heavy atom. The van der Waals surface area contributed by atoms with E-state index in [0.717, 1.165) is 11.3 Å². The van der Waals surface area contributed by atoms with E-state index in [9.17, 15) is 4.79 Å². The molecule has 0 fully saturated rings. The Kier molecular flexibility index (Phi) is 5.31. The van der Waals surface area contributed by atoms with E-state index in [1.165, 1.54) is 18.7 Å². The molecule has 9 heteroatoms. The molecule has 0 spiro atoms. The summed E-state index contributed by atoms with van der Waals surface area (Å²) in [7, 11) is 1.58. The van der Waals surface area contributed by atoms with Gasteiger partial charge in [-0.15, -0.1) is 0 Å². The van der Waals surface area contributed by atoms with Crippen molar-refractivity contribution in [3.8, 4) is 5.75 Å². The third-order valence-corrected chi connectivity index (χ3v) is 3.73. The van der Waals surface area contributed by atoms with Crippen molar-refractivity contribution in [2.75, 3.05) is 23.6 Å². The quantitative estimate of drug-likeness (QED) is 0.490. The molecule has 2 aromatic heterocycles. The third kappa shape index (κ3) is 4.21. The van der Waals surface area contributed by atoms with E-state index in [0.29, 0.717) is 17.1 Å². The van der Waals surface area contributed by atoms with Gasteiger partial charge in [0, 0.05) is 18.0 Å². The Morgan fingerprint density at radius 3 is 2.59 bits per heavy atom. The lowest BCUT2D eigenvalue weighted by Gasteiger charge is -2.15. The normalized spacial score (nSPS) is 10.1. The highest BCUT2D eigenvalue weighted by Crippen LogP contribution is 2.31. The largest absolute Gasteiger partial charge is 0.495 e. The number of nitrogens with one attached hydrogen (secondary N) is 3. The molecule has 3 aromatic rings. The number of carbonyl (C=O) groups is 1. The molecule has 0 saturated heterocycles. The van der Waals surface area contributed by atoms with E-state index < -0.39 is 0 Å². The second kappa shape index (κ2) is 8.00. The van der Waals surface area contributed by atoms with Crippen molar-refractivity contribution in [3.63, 3.8) is 0 Å². The van der Waals surface area contributed by atoms with Crippen LogP contribution in [0.3, 0.4) is 0 Å². The number of amides is 1. The molecule has 5 N–H and O–H groups in total. The maximum atomic E-state index is 12.1. The van der Waals surface area contributed by atoms with Gasteiger partial charge in [-0.3, -0.25) is 20.6 Å². The van der Waals surface area contributed by atoms with Crippen LogP contribution in [0.5, 0.6) is 5.75 Å². The fraction of sp³-hybridized carbons (Fsp3) is 0.111. The van der Waals surface area contributed by atoms with Crippen molar-refractivity contribution in [3.05, 3.63) is 60.2 Å². The fourth-order valence-corrected chi connectivity index (χ4v) is 2.33. The monoisotopic (exact) mass is 365 g/mol. The highest BCUT2D eigenvalue weighted by molar-refractivity contribution is 5.95. The van der Waals surface area contributed by atoms with Gasteiger partial charge in [0.15, 0.2) is 11.6 Å². The van der Waals surface area contributed by atoms with Gasteiger partial charge in [-0.2, -0.15) is 0 Å². The first-order valence-electron chi connectivity index (χ1n) is 8.07. The van der Waals surface area contributed by atoms with E-state index in [1.807, 2.05) is 25.1 Å². The van der Waals surface area contributed by atoms with Crippen molar-refractivity contribution in [2.45, 2.75) is 6.92 Å². The Balaban J connectivity index is 1.76. The maximum Gasteiger partial charge on any atom is 0.269 e. The molecule has 0 radical (unpaired) electrons. The van der Waals surface area contributed by atoms with Gasteiger partial charge in [0.25, 0.3) is 5.91 Å². The molecule has 9 nitrogen and oxygen atoms in total. The van der Waals surface area contributed by atoms with E-state index in [-0.39, 0.29) is 17.4 Å². The lowest BCUT2D eigenvalue weighted by molar-refractivity contribution is 0.0962. The number of benzene rings is 1. The number of pyridine rings is 1.